The molecule has 1 aromatic rings. The Kier molecular flexibility index (Phi) is 5.30. The lowest BCUT2D eigenvalue weighted by Crippen LogP contribution is -2.53. The molecule has 2 heterocycles. The highest BCUT2D eigenvalue weighted by atomic mass is 16.5. The molecule has 1 saturated heterocycles. The molecule has 5 nitrogen and oxygen atoms in total. The van der Waals surface area contributed by atoms with Crippen molar-refractivity contribution in [3.8, 4) is 5.75 Å². The number of carbonyl (C=O) groups excluding carboxylic acids is 2. The van der Waals surface area contributed by atoms with Crippen LogP contribution in [0.25, 0.3) is 0 Å². The normalized spacial score (nSPS) is 21.4. The first-order valence-electron chi connectivity index (χ1n) is 9.36. The van der Waals surface area contributed by atoms with Crippen LogP contribution in [0.15, 0.2) is 24.3 Å². The van der Waals surface area contributed by atoms with Gasteiger partial charge < -0.3 is 15.0 Å². The SMILES string of the molecule is CCCCC(=O)NC1CC2(CCN(C(C)=O)CC2)Oc2ccccc21. The monoisotopic (exact) mass is 344 g/mol. The molecule has 136 valence electrons. The first-order valence-corrected chi connectivity index (χ1v) is 9.36. The summed E-state index contributed by atoms with van der Waals surface area (Å²) in [6.45, 7) is 5.14. The molecule has 1 N–H and O–H groups in total. The summed E-state index contributed by atoms with van der Waals surface area (Å²) in [5.74, 6) is 1.10. The molecule has 0 aromatic heterocycles. The smallest absolute Gasteiger partial charge is 0.220 e. The van der Waals surface area contributed by atoms with Crippen LogP contribution in [0.3, 0.4) is 0 Å². The van der Waals surface area contributed by atoms with Gasteiger partial charge in [-0.3, -0.25) is 9.59 Å². The third-order valence-corrected chi connectivity index (χ3v) is 5.41. The molecular weight excluding hydrogens is 316 g/mol. The van der Waals surface area contributed by atoms with Gasteiger partial charge in [0.15, 0.2) is 0 Å². The number of amides is 2. The molecular formula is C20H28N2O3. The van der Waals surface area contributed by atoms with Gasteiger partial charge in [-0.05, 0) is 12.5 Å². The Morgan fingerprint density at radius 2 is 2.00 bits per heavy atom. The number of fused-ring (bicyclic) bond motifs is 1. The average Bonchev–Trinajstić information content (AvgIpc) is 2.60. The fourth-order valence-corrected chi connectivity index (χ4v) is 3.89. The summed E-state index contributed by atoms with van der Waals surface area (Å²) in [5, 5.41) is 3.22. The maximum atomic E-state index is 12.3. The molecule has 2 amide bonds. The second kappa shape index (κ2) is 7.46. The van der Waals surface area contributed by atoms with Gasteiger partial charge in [0.2, 0.25) is 11.8 Å². The van der Waals surface area contributed by atoms with Gasteiger partial charge in [0.25, 0.3) is 0 Å². The summed E-state index contributed by atoms with van der Waals surface area (Å²) >= 11 is 0. The van der Waals surface area contributed by atoms with Crippen molar-refractivity contribution in [2.24, 2.45) is 0 Å². The first-order chi connectivity index (χ1) is 12.0. The van der Waals surface area contributed by atoms with Gasteiger partial charge in [-0.25, -0.2) is 0 Å². The molecule has 2 aliphatic heterocycles. The van der Waals surface area contributed by atoms with Crippen LogP contribution in [-0.2, 0) is 9.59 Å². The van der Waals surface area contributed by atoms with E-state index in [1.54, 1.807) is 6.92 Å². The van der Waals surface area contributed by atoms with E-state index in [-0.39, 0.29) is 23.5 Å². The molecule has 1 aromatic carbocycles. The highest BCUT2D eigenvalue weighted by molar-refractivity contribution is 5.76. The van der Waals surface area contributed by atoms with E-state index in [0.29, 0.717) is 19.5 Å². The van der Waals surface area contributed by atoms with Crippen molar-refractivity contribution in [1.82, 2.24) is 10.2 Å². The molecule has 1 unspecified atom stereocenters. The summed E-state index contributed by atoms with van der Waals surface area (Å²) in [7, 11) is 0. The van der Waals surface area contributed by atoms with E-state index >= 15 is 0 Å². The van der Waals surface area contributed by atoms with Crippen LogP contribution in [0.4, 0.5) is 0 Å². The zero-order valence-electron chi connectivity index (χ0n) is 15.2. The van der Waals surface area contributed by atoms with Crippen LogP contribution in [0.5, 0.6) is 5.75 Å². The van der Waals surface area contributed by atoms with Crippen molar-refractivity contribution >= 4 is 11.8 Å². The molecule has 0 bridgehead atoms. The number of carbonyl (C=O) groups is 2. The van der Waals surface area contributed by atoms with E-state index in [1.165, 1.54) is 0 Å². The highest BCUT2D eigenvalue weighted by Gasteiger charge is 2.43. The lowest BCUT2D eigenvalue weighted by molar-refractivity contribution is -0.133. The largest absolute Gasteiger partial charge is 0.487 e. The Hall–Kier alpha value is -2.04. The lowest BCUT2D eigenvalue weighted by Gasteiger charge is -2.46. The van der Waals surface area contributed by atoms with E-state index in [2.05, 4.69) is 12.2 Å². The van der Waals surface area contributed by atoms with Crippen molar-refractivity contribution in [2.45, 2.75) is 64.0 Å². The van der Waals surface area contributed by atoms with Gasteiger partial charge in [0, 0.05) is 51.3 Å². The zero-order chi connectivity index (χ0) is 17.9. The number of nitrogens with zero attached hydrogens (tertiary/aromatic N) is 1. The summed E-state index contributed by atoms with van der Waals surface area (Å²) < 4.78 is 6.39. The number of likely N-dealkylation sites (tertiary alicyclic amines) is 1. The lowest BCUT2D eigenvalue weighted by atomic mass is 9.80. The fraction of sp³-hybridized carbons (Fsp3) is 0.600. The minimum Gasteiger partial charge on any atom is -0.487 e. The molecule has 3 rings (SSSR count). The van der Waals surface area contributed by atoms with Gasteiger partial charge >= 0.3 is 0 Å². The van der Waals surface area contributed by atoms with Crippen molar-refractivity contribution < 1.29 is 14.3 Å². The topological polar surface area (TPSA) is 58.6 Å². The van der Waals surface area contributed by atoms with Gasteiger partial charge in [0.1, 0.15) is 11.4 Å². The molecule has 1 spiro atoms. The molecule has 25 heavy (non-hydrogen) atoms. The highest BCUT2D eigenvalue weighted by Crippen LogP contribution is 2.44. The molecule has 0 aliphatic carbocycles. The summed E-state index contributed by atoms with van der Waals surface area (Å²) in [5.41, 5.74) is 0.773. The Morgan fingerprint density at radius 1 is 1.28 bits per heavy atom. The summed E-state index contributed by atoms with van der Waals surface area (Å²) in [6, 6.07) is 7.97. The number of nitrogens with one attached hydrogen (secondary N) is 1. The number of ether oxygens (including phenoxy) is 1. The number of hydrogen-bond donors (Lipinski definition) is 1. The molecule has 0 radical (unpaired) electrons. The van der Waals surface area contributed by atoms with Gasteiger partial charge in [0.05, 0.1) is 6.04 Å². The first kappa shape index (κ1) is 17.8. The molecule has 0 saturated carbocycles. The molecule has 1 atom stereocenters. The van der Waals surface area contributed by atoms with E-state index in [9.17, 15) is 9.59 Å². The summed E-state index contributed by atoms with van der Waals surface area (Å²) in [4.78, 5) is 25.8. The Morgan fingerprint density at radius 3 is 2.68 bits per heavy atom. The predicted molar refractivity (Wildman–Crippen MR) is 96.3 cm³/mol. The van der Waals surface area contributed by atoms with Crippen molar-refractivity contribution in [3.05, 3.63) is 29.8 Å². The van der Waals surface area contributed by atoms with Crippen molar-refractivity contribution in [1.29, 1.82) is 0 Å². The van der Waals surface area contributed by atoms with Crippen LogP contribution in [0, 0.1) is 0 Å². The van der Waals surface area contributed by atoms with Crippen LogP contribution in [0.2, 0.25) is 0 Å². The predicted octanol–water partition coefficient (Wildman–Crippen LogP) is 3.20. The van der Waals surface area contributed by atoms with Crippen molar-refractivity contribution in [3.63, 3.8) is 0 Å². The second-order valence-corrected chi connectivity index (χ2v) is 7.26. The van der Waals surface area contributed by atoms with Gasteiger partial charge in [-0.15, -0.1) is 0 Å². The zero-order valence-corrected chi connectivity index (χ0v) is 15.2. The summed E-state index contributed by atoms with van der Waals surface area (Å²) in [6.07, 6.45) is 4.89. The Bertz CT molecular complexity index is 636. The van der Waals surface area contributed by atoms with E-state index in [1.807, 2.05) is 29.2 Å². The minimum absolute atomic E-state index is 0.0156. The Labute approximate surface area is 149 Å². The number of piperidine rings is 1. The van der Waals surface area contributed by atoms with Crippen LogP contribution < -0.4 is 10.1 Å². The molecule has 2 aliphatic rings. The van der Waals surface area contributed by atoms with Gasteiger partial charge in [-0.1, -0.05) is 31.5 Å². The minimum atomic E-state index is -0.289. The third-order valence-electron chi connectivity index (χ3n) is 5.41. The van der Waals surface area contributed by atoms with Crippen LogP contribution in [-0.4, -0.2) is 35.4 Å². The third kappa shape index (κ3) is 3.97. The standard InChI is InChI=1S/C20H28N2O3/c1-3-4-9-19(24)21-17-14-20(10-12-22(13-11-20)15(2)23)25-18-8-6-5-7-16(17)18/h5-8,17H,3-4,9-14H2,1-2H3,(H,21,24). The van der Waals surface area contributed by atoms with Crippen molar-refractivity contribution in [2.75, 3.05) is 13.1 Å². The fourth-order valence-electron chi connectivity index (χ4n) is 3.89. The molecule has 1 fully saturated rings. The maximum absolute atomic E-state index is 12.3. The van der Waals surface area contributed by atoms with E-state index in [0.717, 1.165) is 43.4 Å². The molecule has 5 heteroatoms. The van der Waals surface area contributed by atoms with E-state index < -0.39 is 0 Å². The van der Waals surface area contributed by atoms with Crippen LogP contribution >= 0.6 is 0 Å². The maximum Gasteiger partial charge on any atom is 0.220 e. The van der Waals surface area contributed by atoms with Gasteiger partial charge in [-0.2, -0.15) is 0 Å². The number of benzene rings is 1. The number of rotatable bonds is 4. The average molecular weight is 344 g/mol. The number of para-hydroxylation sites is 1. The van der Waals surface area contributed by atoms with E-state index in [4.69, 9.17) is 4.74 Å². The quantitative estimate of drug-likeness (QED) is 0.912. The number of unbranched alkanes of at least 4 members (excludes halogenated alkanes) is 1. The Balaban J connectivity index is 1.76. The second-order valence-electron chi connectivity index (χ2n) is 7.26. The number of hydrogen-bond acceptors (Lipinski definition) is 3. The van der Waals surface area contributed by atoms with Crippen LogP contribution in [0.1, 0.15) is 64.0 Å².